The maximum Gasteiger partial charge on any atom is 0.299 e. The molecule has 4 nitrogen and oxygen atoms in total. The van der Waals surface area contributed by atoms with Crippen molar-refractivity contribution in [2.45, 2.75) is 40.2 Å². The second-order valence-electron chi connectivity index (χ2n) is 6.37. The van der Waals surface area contributed by atoms with Gasteiger partial charge in [0.25, 0.3) is 11.7 Å². The van der Waals surface area contributed by atoms with Crippen LogP contribution in [-0.2, 0) is 4.79 Å². The number of ketones is 1. The highest BCUT2D eigenvalue weighted by Gasteiger charge is 2.36. The molecule has 0 unspecified atom stereocenters. The van der Waals surface area contributed by atoms with Crippen molar-refractivity contribution < 1.29 is 9.59 Å². The Hall–Kier alpha value is -1.68. The van der Waals surface area contributed by atoms with Gasteiger partial charge in [-0.15, -0.1) is 0 Å². The highest BCUT2D eigenvalue weighted by Crippen LogP contribution is 2.33. The van der Waals surface area contributed by atoms with Crippen LogP contribution in [0.3, 0.4) is 0 Å². The molecular weight excluding hydrogens is 252 g/mol. The largest absolute Gasteiger partial charge is 0.310 e. The molecule has 108 valence electrons. The molecule has 4 heteroatoms. The van der Waals surface area contributed by atoms with Crippen molar-refractivity contribution in [1.29, 1.82) is 0 Å². The Bertz CT molecular complexity index is 571. The topological polar surface area (TPSA) is 49.4 Å². The van der Waals surface area contributed by atoms with Gasteiger partial charge in [0.2, 0.25) is 0 Å². The number of carbonyl (C=O) groups excluding carboxylic acids is 2. The van der Waals surface area contributed by atoms with Crippen LogP contribution in [0, 0.1) is 13.8 Å². The van der Waals surface area contributed by atoms with Crippen LogP contribution in [0.15, 0.2) is 12.1 Å². The number of hydrogen-bond acceptors (Lipinski definition) is 3. The Morgan fingerprint density at radius 3 is 2.40 bits per heavy atom. The van der Waals surface area contributed by atoms with Crippen LogP contribution >= 0.6 is 0 Å². The predicted octanol–water partition coefficient (Wildman–Crippen LogP) is 2.22. The Balaban J connectivity index is 2.26. The van der Waals surface area contributed by atoms with Gasteiger partial charge >= 0.3 is 0 Å². The van der Waals surface area contributed by atoms with E-state index in [0.717, 1.165) is 16.8 Å². The maximum absolute atomic E-state index is 12.1. The predicted molar refractivity (Wildman–Crippen MR) is 80.4 cm³/mol. The van der Waals surface area contributed by atoms with Crippen LogP contribution in [0.2, 0.25) is 0 Å². The molecule has 0 aliphatic carbocycles. The van der Waals surface area contributed by atoms with Gasteiger partial charge in [-0.3, -0.25) is 9.59 Å². The van der Waals surface area contributed by atoms with Crippen molar-refractivity contribution in [3.63, 3.8) is 0 Å². The van der Waals surface area contributed by atoms with Crippen molar-refractivity contribution in [3.8, 4) is 0 Å². The fraction of sp³-hybridized carbons (Fsp3) is 0.500. The molecule has 1 amide bonds. The van der Waals surface area contributed by atoms with E-state index < -0.39 is 5.91 Å². The normalized spacial score (nSPS) is 14.9. The van der Waals surface area contributed by atoms with E-state index in [1.54, 1.807) is 11.0 Å². The van der Waals surface area contributed by atoms with Crippen LogP contribution in [0.1, 0.15) is 42.3 Å². The molecule has 1 aromatic carbocycles. The zero-order valence-electron chi connectivity index (χ0n) is 12.8. The Morgan fingerprint density at radius 1 is 1.15 bits per heavy atom. The number of nitrogens with zero attached hydrogens (tertiary/aromatic N) is 1. The van der Waals surface area contributed by atoms with Gasteiger partial charge in [0.1, 0.15) is 0 Å². The SMILES string of the molecule is Cc1ccc2c(c1C)N(CCNC(C)(C)C)C(=O)C2=O. The number of benzene rings is 1. The number of carbonyl (C=O) groups is 2. The van der Waals surface area contributed by atoms with E-state index >= 15 is 0 Å². The summed E-state index contributed by atoms with van der Waals surface area (Å²) < 4.78 is 0. The van der Waals surface area contributed by atoms with E-state index in [0.29, 0.717) is 18.7 Å². The molecule has 0 saturated heterocycles. The number of rotatable bonds is 3. The maximum atomic E-state index is 12.1. The molecule has 1 N–H and O–H groups in total. The van der Waals surface area contributed by atoms with Gasteiger partial charge < -0.3 is 10.2 Å². The second kappa shape index (κ2) is 5.02. The average Bonchev–Trinajstić information content (AvgIpc) is 2.58. The lowest BCUT2D eigenvalue weighted by Crippen LogP contribution is -2.43. The van der Waals surface area contributed by atoms with Gasteiger partial charge in [0, 0.05) is 18.6 Å². The van der Waals surface area contributed by atoms with E-state index in [9.17, 15) is 9.59 Å². The van der Waals surface area contributed by atoms with Crippen molar-refractivity contribution >= 4 is 17.4 Å². The number of amides is 1. The summed E-state index contributed by atoms with van der Waals surface area (Å²) in [5.74, 6) is -0.803. The summed E-state index contributed by atoms with van der Waals surface area (Å²) in [6.45, 7) is 11.4. The molecule has 0 spiro atoms. The first-order valence-corrected chi connectivity index (χ1v) is 6.94. The van der Waals surface area contributed by atoms with Crippen molar-refractivity contribution in [2.24, 2.45) is 0 Å². The second-order valence-corrected chi connectivity index (χ2v) is 6.37. The van der Waals surface area contributed by atoms with Crippen molar-refractivity contribution in [1.82, 2.24) is 5.32 Å². The third kappa shape index (κ3) is 2.61. The summed E-state index contributed by atoms with van der Waals surface area (Å²) in [5.41, 5.74) is 3.43. The summed E-state index contributed by atoms with van der Waals surface area (Å²) >= 11 is 0. The molecule has 20 heavy (non-hydrogen) atoms. The van der Waals surface area contributed by atoms with Crippen molar-refractivity contribution in [2.75, 3.05) is 18.0 Å². The number of Topliss-reactive ketones (excluding diaryl/α,β-unsaturated/α-hetero) is 1. The van der Waals surface area contributed by atoms with E-state index in [1.165, 1.54) is 0 Å². The molecule has 0 atom stereocenters. The minimum absolute atomic E-state index is 0.00272. The monoisotopic (exact) mass is 274 g/mol. The lowest BCUT2D eigenvalue weighted by Gasteiger charge is -2.24. The number of hydrogen-bond donors (Lipinski definition) is 1. The third-order valence-electron chi connectivity index (χ3n) is 3.65. The molecule has 0 fully saturated rings. The zero-order chi connectivity index (χ0) is 15.1. The summed E-state index contributed by atoms with van der Waals surface area (Å²) in [4.78, 5) is 25.8. The lowest BCUT2D eigenvalue weighted by atomic mass is 10.0. The molecule has 1 aliphatic heterocycles. The quantitative estimate of drug-likeness (QED) is 0.860. The standard InChI is InChI=1S/C16H22N2O2/c1-10-6-7-12-13(11(10)2)18(15(20)14(12)19)9-8-17-16(3,4)5/h6-7,17H,8-9H2,1-5H3. The molecule has 1 heterocycles. The molecule has 0 saturated carbocycles. The van der Waals surface area contributed by atoms with E-state index in [-0.39, 0.29) is 11.3 Å². The molecule has 0 radical (unpaired) electrons. The number of anilines is 1. The van der Waals surface area contributed by atoms with E-state index in [1.807, 2.05) is 19.9 Å². The number of aryl methyl sites for hydroxylation is 1. The van der Waals surface area contributed by atoms with Crippen molar-refractivity contribution in [3.05, 3.63) is 28.8 Å². The van der Waals surface area contributed by atoms with Crippen LogP contribution in [0.5, 0.6) is 0 Å². The van der Waals surface area contributed by atoms with Gasteiger partial charge in [-0.05, 0) is 51.8 Å². The Morgan fingerprint density at radius 2 is 1.80 bits per heavy atom. The minimum atomic E-state index is -0.413. The van der Waals surface area contributed by atoms with Crippen LogP contribution < -0.4 is 10.2 Å². The highest BCUT2D eigenvalue weighted by molar-refractivity contribution is 6.52. The summed E-state index contributed by atoms with van der Waals surface area (Å²) in [5, 5.41) is 3.34. The summed E-state index contributed by atoms with van der Waals surface area (Å²) in [6.07, 6.45) is 0. The van der Waals surface area contributed by atoms with Gasteiger partial charge in [-0.2, -0.15) is 0 Å². The first-order chi connectivity index (χ1) is 9.22. The minimum Gasteiger partial charge on any atom is -0.310 e. The van der Waals surface area contributed by atoms with E-state index in [2.05, 4.69) is 26.1 Å². The van der Waals surface area contributed by atoms with Gasteiger partial charge in [0.15, 0.2) is 0 Å². The van der Waals surface area contributed by atoms with E-state index in [4.69, 9.17) is 0 Å². The highest BCUT2D eigenvalue weighted by atomic mass is 16.2. The van der Waals surface area contributed by atoms with Gasteiger partial charge in [0.05, 0.1) is 11.3 Å². The molecule has 0 bridgehead atoms. The van der Waals surface area contributed by atoms with Gasteiger partial charge in [-0.25, -0.2) is 0 Å². The van der Waals surface area contributed by atoms with Crippen LogP contribution in [0.25, 0.3) is 0 Å². The fourth-order valence-electron chi connectivity index (χ4n) is 2.43. The lowest BCUT2D eigenvalue weighted by molar-refractivity contribution is -0.114. The smallest absolute Gasteiger partial charge is 0.299 e. The molecule has 0 aromatic heterocycles. The summed E-state index contributed by atoms with van der Waals surface area (Å²) in [6, 6.07) is 3.66. The first-order valence-electron chi connectivity index (χ1n) is 6.94. The molecule has 1 aromatic rings. The first kappa shape index (κ1) is 14.7. The van der Waals surface area contributed by atoms with Crippen LogP contribution in [-0.4, -0.2) is 30.3 Å². The van der Waals surface area contributed by atoms with Gasteiger partial charge in [-0.1, -0.05) is 6.07 Å². The fourth-order valence-corrected chi connectivity index (χ4v) is 2.43. The average molecular weight is 274 g/mol. The number of nitrogens with one attached hydrogen (secondary N) is 1. The zero-order valence-corrected chi connectivity index (χ0v) is 12.8. The third-order valence-corrected chi connectivity index (χ3v) is 3.65. The molecular formula is C16H22N2O2. The molecule has 2 rings (SSSR count). The number of fused-ring (bicyclic) bond motifs is 1. The molecule has 1 aliphatic rings. The Labute approximate surface area is 120 Å². The summed E-state index contributed by atoms with van der Waals surface area (Å²) in [7, 11) is 0. The Kier molecular flexibility index (Phi) is 3.69. The van der Waals surface area contributed by atoms with Crippen LogP contribution in [0.4, 0.5) is 5.69 Å².